The van der Waals surface area contributed by atoms with Gasteiger partial charge >= 0.3 is 6.09 Å². The van der Waals surface area contributed by atoms with Crippen molar-refractivity contribution in [2.24, 2.45) is 0 Å². The summed E-state index contributed by atoms with van der Waals surface area (Å²) in [6.45, 7) is -0.144. The summed E-state index contributed by atoms with van der Waals surface area (Å²) in [6.07, 6.45) is 2.16. The Morgan fingerprint density at radius 3 is 2.42 bits per heavy atom. The van der Waals surface area contributed by atoms with Crippen molar-refractivity contribution in [3.05, 3.63) is 90.5 Å². The van der Waals surface area contributed by atoms with Crippen LogP contribution in [-0.2, 0) is 14.3 Å². The number of para-hydroxylation sites is 3. The zero-order valence-corrected chi connectivity index (χ0v) is 21.9. The minimum Gasteiger partial charge on any atom is -0.491 e. The van der Waals surface area contributed by atoms with Gasteiger partial charge in [0.25, 0.3) is 0 Å². The molecular formula is C28H31N3O6S. The number of thioether (sulfide) groups is 1. The number of carbonyl (C=O) groups is 2. The Kier molecular flexibility index (Phi) is 11.0. The van der Waals surface area contributed by atoms with Crippen LogP contribution < -0.4 is 21.1 Å². The van der Waals surface area contributed by atoms with E-state index in [-0.39, 0.29) is 13.2 Å². The van der Waals surface area contributed by atoms with Crippen molar-refractivity contribution in [1.29, 1.82) is 0 Å². The zero-order chi connectivity index (χ0) is 27.3. The number of aliphatic hydroxyl groups is 1. The maximum atomic E-state index is 12.9. The molecule has 3 aromatic rings. The van der Waals surface area contributed by atoms with E-state index in [0.717, 1.165) is 4.90 Å². The molecule has 2 atom stereocenters. The molecule has 0 aliphatic heterocycles. The summed E-state index contributed by atoms with van der Waals surface area (Å²) in [5.74, 6) is -0.0347. The maximum absolute atomic E-state index is 12.9. The molecule has 3 aromatic carbocycles. The molecule has 5 N–H and O–H groups in total. The molecule has 0 spiro atoms. The summed E-state index contributed by atoms with van der Waals surface area (Å²) < 4.78 is 17.1. The van der Waals surface area contributed by atoms with Crippen LogP contribution in [0.25, 0.3) is 0 Å². The number of hydrogen-bond donors (Lipinski definition) is 4. The average molecular weight is 538 g/mol. The maximum Gasteiger partial charge on any atom is 0.412 e. The van der Waals surface area contributed by atoms with Crippen LogP contribution in [-0.4, -0.2) is 49.8 Å². The number of methoxy groups -OCH3 is 1. The average Bonchev–Trinajstić information content (AvgIpc) is 2.93. The number of nitrogen functional groups attached to an aromatic ring is 1. The monoisotopic (exact) mass is 537 g/mol. The highest BCUT2D eigenvalue weighted by Crippen LogP contribution is 2.32. The van der Waals surface area contributed by atoms with Gasteiger partial charge in [-0.3, -0.25) is 10.1 Å². The lowest BCUT2D eigenvalue weighted by Crippen LogP contribution is -2.27. The second-order valence-electron chi connectivity index (χ2n) is 7.93. The molecule has 0 radical (unpaired) electrons. The Morgan fingerprint density at radius 2 is 1.74 bits per heavy atom. The van der Waals surface area contributed by atoms with Crippen molar-refractivity contribution in [2.75, 3.05) is 42.9 Å². The third kappa shape index (κ3) is 8.27. The van der Waals surface area contributed by atoms with Crippen molar-refractivity contribution in [3.8, 4) is 5.75 Å². The lowest BCUT2D eigenvalue weighted by Gasteiger charge is -2.26. The first-order valence-corrected chi connectivity index (χ1v) is 13.0. The number of hydrogen-bond acceptors (Lipinski definition) is 8. The molecule has 2 amide bonds. The first-order chi connectivity index (χ1) is 18.4. The molecule has 0 heterocycles. The SMILES string of the molecule is CO[C@@H](/C=C/C(=O)Nc1ccccc1N)[C@@H](OC(=O)Nc1ccc(SC)cc1)c1ccccc1OCCO. The van der Waals surface area contributed by atoms with Gasteiger partial charge in [-0.05, 0) is 54.8 Å². The Labute approximate surface area is 226 Å². The number of nitrogens with two attached hydrogens (primary N) is 1. The molecule has 0 aliphatic carbocycles. The van der Waals surface area contributed by atoms with Gasteiger partial charge < -0.3 is 30.4 Å². The third-order valence-corrected chi connectivity index (χ3v) is 6.11. The van der Waals surface area contributed by atoms with Gasteiger partial charge in [0, 0.05) is 29.3 Å². The van der Waals surface area contributed by atoms with Crippen LogP contribution in [0.15, 0.2) is 89.8 Å². The summed E-state index contributed by atoms with van der Waals surface area (Å²) in [4.78, 5) is 26.6. The lowest BCUT2D eigenvalue weighted by atomic mass is 10.0. The number of carbonyl (C=O) groups excluding carboxylic acids is 2. The highest BCUT2D eigenvalue weighted by Gasteiger charge is 2.28. The number of nitrogens with one attached hydrogen (secondary N) is 2. The molecule has 0 aromatic heterocycles. The predicted molar refractivity (Wildman–Crippen MR) is 150 cm³/mol. The molecule has 3 rings (SSSR count). The first-order valence-electron chi connectivity index (χ1n) is 11.8. The number of benzene rings is 3. The molecule has 0 bridgehead atoms. The van der Waals surface area contributed by atoms with Crippen LogP contribution in [0.5, 0.6) is 5.75 Å². The Bertz CT molecular complexity index is 1240. The molecular weight excluding hydrogens is 506 g/mol. The minimum absolute atomic E-state index is 0.0477. The van der Waals surface area contributed by atoms with E-state index in [4.69, 9.17) is 19.9 Å². The van der Waals surface area contributed by atoms with E-state index in [1.165, 1.54) is 19.3 Å². The van der Waals surface area contributed by atoms with E-state index in [2.05, 4.69) is 10.6 Å². The summed E-state index contributed by atoms with van der Waals surface area (Å²) >= 11 is 1.59. The van der Waals surface area contributed by atoms with Gasteiger partial charge in [-0.1, -0.05) is 30.3 Å². The molecule has 200 valence electrons. The van der Waals surface area contributed by atoms with E-state index in [1.807, 2.05) is 18.4 Å². The van der Waals surface area contributed by atoms with Gasteiger partial charge in [0.2, 0.25) is 5.91 Å². The lowest BCUT2D eigenvalue weighted by molar-refractivity contribution is -0.112. The van der Waals surface area contributed by atoms with E-state index >= 15 is 0 Å². The second-order valence-corrected chi connectivity index (χ2v) is 8.80. The topological polar surface area (TPSA) is 132 Å². The van der Waals surface area contributed by atoms with Crippen LogP contribution >= 0.6 is 11.8 Å². The van der Waals surface area contributed by atoms with Crippen LogP contribution in [0, 0.1) is 0 Å². The molecule has 0 saturated heterocycles. The van der Waals surface area contributed by atoms with Gasteiger partial charge in [0.15, 0.2) is 6.10 Å². The van der Waals surface area contributed by atoms with E-state index in [9.17, 15) is 14.7 Å². The second kappa shape index (κ2) is 14.7. The van der Waals surface area contributed by atoms with Gasteiger partial charge in [-0.2, -0.15) is 0 Å². The Hall–Kier alpha value is -3.99. The van der Waals surface area contributed by atoms with E-state index in [1.54, 1.807) is 72.4 Å². The normalized spacial score (nSPS) is 12.5. The molecule has 9 nitrogen and oxygen atoms in total. The highest BCUT2D eigenvalue weighted by molar-refractivity contribution is 7.98. The number of rotatable bonds is 12. The van der Waals surface area contributed by atoms with Crippen molar-refractivity contribution >= 4 is 40.8 Å². The number of anilines is 3. The third-order valence-electron chi connectivity index (χ3n) is 5.37. The number of aliphatic hydroxyl groups excluding tert-OH is 1. The van der Waals surface area contributed by atoms with Crippen molar-refractivity contribution in [2.45, 2.75) is 17.1 Å². The fourth-order valence-corrected chi connectivity index (χ4v) is 3.93. The fraction of sp³-hybridized carbons (Fsp3) is 0.214. The standard InChI is InChI=1S/C28H31N3O6S/c1-35-25(15-16-26(33)31-23-9-5-4-8-22(23)29)27(21-7-3-6-10-24(21)36-18-17-32)37-28(34)30-19-11-13-20(38-2)14-12-19/h3-16,25,27,32H,17-18,29H2,1-2H3,(H,30,34)(H,31,33)/b16-15+/t25-,27-/m0/s1. The van der Waals surface area contributed by atoms with Crippen molar-refractivity contribution in [3.63, 3.8) is 0 Å². The highest BCUT2D eigenvalue weighted by atomic mass is 32.2. The Balaban J connectivity index is 1.84. The summed E-state index contributed by atoms with van der Waals surface area (Å²) in [5.41, 5.74) is 7.86. The van der Waals surface area contributed by atoms with Crippen LogP contribution in [0.1, 0.15) is 11.7 Å². The molecule has 38 heavy (non-hydrogen) atoms. The van der Waals surface area contributed by atoms with E-state index < -0.39 is 24.2 Å². The van der Waals surface area contributed by atoms with E-state index in [0.29, 0.717) is 28.4 Å². The fourth-order valence-electron chi connectivity index (χ4n) is 3.52. The minimum atomic E-state index is -0.994. The van der Waals surface area contributed by atoms with Gasteiger partial charge in [-0.15, -0.1) is 11.8 Å². The van der Waals surface area contributed by atoms with Crippen LogP contribution in [0.2, 0.25) is 0 Å². The smallest absolute Gasteiger partial charge is 0.412 e. The molecule has 0 fully saturated rings. The van der Waals surface area contributed by atoms with Gasteiger partial charge in [0.1, 0.15) is 18.5 Å². The predicted octanol–water partition coefficient (Wildman–Crippen LogP) is 4.86. The molecule has 0 aliphatic rings. The van der Waals surface area contributed by atoms with Gasteiger partial charge in [-0.25, -0.2) is 4.79 Å². The number of ether oxygens (including phenoxy) is 3. The largest absolute Gasteiger partial charge is 0.491 e. The first kappa shape index (κ1) is 28.6. The molecule has 0 saturated carbocycles. The quantitative estimate of drug-likeness (QED) is 0.146. The zero-order valence-electron chi connectivity index (χ0n) is 21.1. The van der Waals surface area contributed by atoms with Crippen LogP contribution in [0.3, 0.4) is 0 Å². The van der Waals surface area contributed by atoms with Crippen molar-refractivity contribution in [1.82, 2.24) is 0 Å². The number of amides is 2. The van der Waals surface area contributed by atoms with Crippen molar-refractivity contribution < 1.29 is 28.9 Å². The summed E-state index contributed by atoms with van der Waals surface area (Å²) in [5, 5.41) is 14.7. The molecule has 0 unspecified atom stereocenters. The summed E-state index contributed by atoms with van der Waals surface area (Å²) in [6, 6.07) is 21.1. The Morgan fingerprint density at radius 1 is 1.03 bits per heavy atom. The van der Waals surface area contributed by atoms with Crippen LogP contribution in [0.4, 0.5) is 21.9 Å². The molecule has 10 heteroatoms. The summed E-state index contributed by atoms with van der Waals surface area (Å²) in [7, 11) is 1.44. The van der Waals surface area contributed by atoms with Gasteiger partial charge in [0.05, 0.1) is 18.0 Å².